The summed E-state index contributed by atoms with van der Waals surface area (Å²) in [5, 5.41) is 3.34. The molecule has 118 valence electrons. The Bertz CT molecular complexity index is 888. The van der Waals surface area contributed by atoms with Crippen LogP contribution in [0.3, 0.4) is 0 Å². The van der Waals surface area contributed by atoms with E-state index in [-0.39, 0.29) is 11.7 Å². The van der Waals surface area contributed by atoms with Gasteiger partial charge in [-0.2, -0.15) is 0 Å². The van der Waals surface area contributed by atoms with E-state index in [2.05, 4.69) is 10.3 Å². The Balaban J connectivity index is 1.88. The maximum absolute atomic E-state index is 14.0. The molecule has 1 amide bonds. The molecular weight excluding hydrogens is 313 g/mol. The van der Waals surface area contributed by atoms with Crippen LogP contribution in [-0.2, 0) is 5.54 Å². The number of amides is 1. The minimum atomic E-state index is -0.829. The molecule has 3 rings (SSSR count). The Morgan fingerprint density at radius 2 is 2.00 bits per heavy atom. The molecule has 0 saturated heterocycles. The van der Waals surface area contributed by atoms with Crippen LogP contribution in [0.4, 0.5) is 9.52 Å². The van der Waals surface area contributed by atoms with Crippen molar-refractivity contribution in [2.75, 3.05) is 5.73 Å². The van der Waals surface area contributed by atoms with Gasteiger partial charge in [-0.3, -0.25) is 4.79 Å². The van der Waals surface area contributed by atoms with Crippen molar-refractivity contribution in [1.29, 1.82) is 0 Å². The maximum Gasteiger partial charge on any atom is 0.252 e. The highest BCUT2D eigenvalue weighted by molar-refractivity contribution is 7.22. The number of rotatable bonds is 3. The standard InChI is InChI=1S/C17H16FN3OS/c1-17(2,11-5-3-4-6-12(11)18)21-15(22)10-7-8-13-14(9-10)23-16(19)20-13/h3-9H,1-2H3,(H2,19,20)(H,21,22). The molecule has 0 bridgehead atoms. The lowest BCUT2D eigenvalue weighted by atomic mass is 9.93. The van der Waals surface area contributed by atoms with Crippen LogP contribution in [0.25, 0.3) is 10.2 Å². The molecule has 0 atom stereocenters. The van der Waals surface area contributed by atoms with Crippen molar-refractivity contribution < 1.29 is 9.18 Å². The Morgan fingerprint density at radius 1 is 1.26 bits per heavy atom. The van der Waals surface area contributed by atoms with Gasteiger partial charge in [0.1, 0.15) is 5.82 Å². The molecule has 6 heteroatoms. The van der Waals surface area contributed by atoms with Gasteiger partial charge >= 0.3 is 0 Å². The fourth-order valence-corrected chi connectivity index (χ4v) is 3.25. The van der Waals surface area contributed by atoms with Gasteiger partial charge in [-0.15, -0.1) is 0 Å². The van der Waals surface area contributed by atoms with Gasteiger partial charge in [-0.05, 0) is 38.1 Å². The number of thiazole rings is 1. The molecule has 0 aliphatic rings. The average molecular weight is 329 g/mol. The fourth-order valence-electron chi connectivity index (χ4n) is 2.48. The largest absolute Gasteiger partial charge is 0.375 e. The van der Waals surface area contributed by atoms with Crippen LogP contribution in [0.1, 0.15) is 29.8 Å². The number of nitrogens with zero attached hydrogens (tertiary/aromatic N) is 1. The SMILES string of the molecule is CC(C)(NC(=O)c1ccc2nc(N)sc2c1)c1ccccc1F. The second-order valence-corrected chi connectivity index (χ2v) is 6.86. The van der Waals surface area contributed by atoms with E-state index in [1.54, 1.807) is 50.2 Å². The molecule has 0 radical (unpaired) electrons. The second kappa shape index (κ2) is 5.62. The monoisotopic (exact) mass is 329 g/mol. The molecule has 2 aromatic carbocycles. The highest BCUT2D eigenvalue weighted by Gasteiger charge is 2.26. The first-order chi connectivity index (χ1) is 10.9. The van der Waals surface area contributed by atoms with E-state index >= 15 is 0 Å². The highest BCUT2D eigenvalue weighted by atomic mass is 32.1. The van der Waals surface area contributed by atoms with E-state index in [0.29, 0.717) is 16.3 Å². The minimum Gasteiger partial charge on any atom is -0.375 e. The number of carbonyl (C=O) groups is 1. The number of hydrogen-bond acceptors (Lipinski definition) is 4. The minimum absolute atomic E-state index is 0.271. The number of halogens is 1. The number of fused-ring (bicyclic) bond motifs is 1. The summed E-state index contributed by atoms with van der Waals surface area (Å²) < 4.78 is 14.8. The average Bonchev–Trinajstić information content (AvgIpc) is 2.86. The molecule has 0 spiro atoms. The number of hydrogen-bond donors (Lipinski definition) is 2. The first kappa shape index (κ1) is 15.4. The summed E-state index contributed by atoms with van der Waals surface area (Å²) >= 11 is 1.33. The zero-order chi connectivity index (χ0) is 16.6. The van der Waals surface area contributed by atoms with Gasteiger partial charge in [0.2, 0.25) is 0 Å². The van der Waals surface area contributed by atoms with Crippen molar-refractivity contribution in [1.82, 2.24) is 10.3 Å². The summed E-state index contributed by atoms with van der Waals surface area (Å²) in [5.74, 6) is -0.615. The molecule has 0 unspecified atom stereocenters. The summed E-state index contributed by atoms with van der Waals surface area (Å²) in [4.78, 5) is 16.7. The molecule has 3 aromatic rings. The Kier molecular flexibility index (Phi) is 3.77. The lowest BCUT2D eigenvalue weighted by Crippen LogP contribution is -2.41. The maximum atomic E-state index is 14.0. The van der Waals surface area contributed by atoms with Crippen LogP contribution in [0.2, 0.25) is 0 Å². The summed E-state index contributed by atoms with van der Waals surface area (Å²) in [6, 6.07) is 11.6. The van der Waals surface area contributed by atoms with E-state index in [1.165, 1.54) is 17.4 Å². The van der Waals surface area contributed by atoms with Gasteiger partial charge in [0.15, 0.2) is 5.13 Å². The molecule has 23 heavy (non-hydrogen) atoms. The molecule has 4 nitrogen and oxygen atoms in total. The lowest BCUT2D eigenvalue weighted by Gasteiger charge is -2.27. The molecule has 0 fully saturated rings. The molecule has 3 N–H and O–H groups in total. The van der Waals surface area contributed by atoms with E-state index in [1.807, 2.05) is 0 Å². The summed E-state index contributed by atoms with van der Waals surface area (Å²) in [6.07, 6.45) is 0. The highest BCUT2D eigenvalue weighted by Crippen LogP contribution is 2.26. The normalized spacial score (nSPS) is 11.6. The Morgan fingerprint density at radius 3 is 2.74 bits per heavy atom. The predicted molar refractivity (Wildman–Crippen MR) is 90.9 cm³/mol. The second-order valence-electron chi connectivity index (χ2n) is 5.79. The quantitative estimate of drug-likeness (QED) is 0.770. The first-order valence-corrected chi connectivity index (χ1v) is 7.92. The van der Waals surface area contributed by atoms with Gasteiger partial charge in [0.25, 0.3) is 5.91 Å². The predicted octanol–water partition coefficient (Wildman–Crippen LogP) is 3.68. The number of nitrogens with one attached hydrogen (secondary N) is 1. The topological polar surface area (TPSA) is 68.0 Å². The first-order valence-electron chi connectivity index (χ1n) is 7.10. The molecule has 0 aliphatic carbocycles. The Labute approximate surface area is 137 Å². The summed E-state index contributed by atoms with van der Waals surface area (Å²) in [6.45, 7) is 3.54. The zero-order valence-electron chi connectivity index (χ0n) is 12.8. The molecule has 0 saturated carbocycles. The number of anilines is 1. The van der Waals surface area contributed by atoms with Crippen LogP contribution in [0, 0.1) is 5.82 Å². The Hall–Kier alpha value is -2.47. The fraction of sp³-hybridized carbons (Fsp3) is 0.176. The third-order valence-electron chi connectivity index (χ3n) is 3.64. The number of nitrogen functional groups attached to an aromatic ring is 1. The number of aromatic nitrogens is 1. The smallest absolute Gasteiger partial charge is 0.252 e. The lowest BCUT2D eigenvalue weighted by molar-refractivity contribution is 0.0911. The van der Waals surface area contributed by atoms with Crippen molar-refractivity contribution >= 4 is 32.6 Å². The van der Waals surface area contributed by atoms with Gasteiger partial charge < -0.3 is 11.1 Å². The van der Waals surface area contributed by atoms with Crippen LogP contribution >= 0.6 is 11.3 Å². The van der Waals surface area contributed by atoms with Crippen molar-refractivity contribution in [3.8, 4) is 0 Å². The molecule has 0 aliphatic heterocycles. The van der Waals surface area contributed by atoms with Crippen LogP contribution in [0.5, 0.6) is 0 Å². The van der Waals surface area contributed by atoms with Crippen molar-refractivity contribution in [2.45, 2.75) is 19.4 Å². The van der Waals surface area contributed by atoms with Crippen molar-refractivity contribution in [3.05, 3.63) is 59.4 Å². The van der Waals surface area contributed by atoms with E-state index in [0.717, 1.165) is 10.2 Å². The summed E-state index contributed by atoms with van der Waals surface area (Å²) in [7, 11) is 0. The zero-order valence-corrected chi connectivity index (χ0v) is 13.6. The third kappa shape index (κ3) is 3.03. The van der Waals surface area contributed by atoms with Crippen LogP contribution < -0.4 is 11.1 Å². The van der Waals surface area contributed by atoms with Gasteiger partial charge in [-0.1, -0.05) is 29.5 Å². The van der Waals surface area contributed by atoms with Gasteiger partial charge in [-0.25, -0.2) is 9.37 Å². The van der Waals surface area contributed by atoms with Crippen LogP contribution in [-0.4, -0.2) is 10.9 Å². The van der Waals surface area contributed by atoms with Crippen molar-refractivity contribution in [3.63, 3.8) is 0 Å². The van der Waals surface area contributed by atoms with Crippen molar-refractivity contribution in [2.24, 2.45) is 0 Å². The summed E-state index contributed by atoms with van der Waals surface area (Å²) in [5.41, 5.74) is 6.54. The van der Waals surface area contributed by atoms with E-state index < -0.39 is 5.54 Å². The molecule has 1 aromatic heterocycles. The molecule has 1 heterocycles. The number of carbonyl (C=O) groups excluding carboxylic acids is 1. The number of nitrogens with two attached hydrogens (primary N) is 1. The molecular formula is C17H16FN3OS. The van der Waals surface area contributed by atoms with Gasteiger partial charge in [0, 0.05) is 11.1 Å². The number of benzene rings is 2. The van der Waals surface area contributed by atoms with E-state index in [9.17, 15) is 9.18 Å². The van der Waals surface area contributed by atoms with Crippen LogP contribution in [0.15, 0.2) is 42.5 Å². The van der Waals surface area contributed by atoms with Gasteiger partial charge in [0.05, 0.1) is 15.8 Å². The van der Waals surface area contributed by atoms with E-state index in [4.69, 9.17) is 5.73 Å². The third-order valence-corrected chi connectivity index (χ3v) is 4.49.